The van der Waals surface area contributed by atoms with Gasteiger partial charge in [-0.3, -0.25) is 4.90 Å². The maximum atomic E-state index is 2.60. The zero-order valence-corrected chi connectivity index (χ0v) is 15.3. The van der Waals surface area contributed by atoms with Crippen LogP contribution in [0.5, 0.6) is 0 Å². The fourth-order valence-electron chi connectivity index (χ4n) is 4.23. The molecule has 0 radical (unpaired) electrons. The molecule has 1 aliphatic heterocycles. The number of rotatable bonds is 7. The van der Waals surface area contributed by atoms with Gasteiger partial charge in [-0.15, -0.1) is 0 Å². The summed E-state index contributed by atoms with van der Waals surface area (Å²) in [6.45, 7) is 14.4. The van der Waals surface area contributed by atoms with Gasteiger partial charge in [0.15, 0.2) is 0 Å². The molecule has 0 saturated carbocycles. The average molecular weight is 282 g/mol. The summed E-state index contributed by atoms with van der Waals surface area (Å²) in [5.74, 6) is 1.86. The minimum absolute atomic E-state index is 0.361. The lowest BCUT2D eigenvalue weighted by Gasteiger charge is -2.54. The fourth-order valence-corrected chi connectivity index (χ4v) is 4.23. The number of likely N-dealkylation sites (tertiary alicyclic amines) is 1. The van der Waals surface area contributed by atoms with Gasteiger partial charge in [-0.1, -0.05) is 52.4 Å². The SMILES string of the molecule is CCCCC(C)CCCC1CC(C)(C)N(C)C(C)(C)C1. The van der Waals surface area contributed by atoms with Gasteiger partial charge in [0.25, 0.3) is 0 Å². The highest BCUT2D eigenvalue weighted by molar-refractivity contribution is 4.98. The summed E-state index contributed by atoms with van der Waals surface area (Å²) in [5, 5.41) is 0. The Balaban J connectivity index is 2.38. The molecule has 1 nitrogen and oxygen atoms in total. The van der Waals surface area contributed by atoms with E-state index in [2.05, 4.69) is 53.5 Å². The first-order chi connectivity index (χ1) is 9.19. The Morgan fingerprint density at radius 1 is 1.00 bits per heavy atom. The van der Waals surface area contributed by atoms with Crippen LogP contribution in [-0.2, 0) is 0 Å². The van der Waals surface area contributed by atoms with Crippen LogP contribution in [0, 0.1) is 11.8 Å². The van der Waals surface area contributed by atoms with Gasteiger partial charge in [0, 0.05) is 11.1 Å². The number of piperidine rings is 1. The van der Waals surface area contributed by atoms with Crippen molar-refractivity contribution in [1.82, 2.24) is 4.90 Å². The normalized spacial score (nSPS) is 24.8. The summed E-state index contributed by atoms with van der Waals surface area (Å²) >= 11 is 0. The minimum atomic E-state index is 0.361. The van der Waals surface area contributed by atoms with Crippen LogP contribution in [0.2, 0.25) is 0 Å². The molecule has 0 aromatic heterocycles. The molecule has 0 amide bonds. The topological polar surface area (TPSA) is 3.24 Å². The molecule has 120 valence electrons. The molecule has 1 rings (SSSR count). The van der Waals surface area contributed by atoms with E-state index in [1.807, 2.05) is 0 Å². The summed E-state index contributed by atoms with van der Waals surface area (Å²) in [6.07, 6.45) is 11.3. The quantitative estimate of drug-likeness (QED) is 0.563. The van der Waals surface area contributed by atoms with Crippen molar-refractivity contribution in [3.8, 4) is 0 Å². The van der Waals surface area contributed by atoms with Gasteiger partial charge in [0.05, 0.1) is 0 Å². The van der Waals surface area contributed by atoms with Crippen molar-refractivity contribution in [3.63, 3.8) is 0 Å². The molecule has 0 N–H and O–H groups in total. The van der Waals surface area contributed by atoms with Crippen LogP contribution < -0.4 is 0 Å². The molecule has 1 aliphatic rings. The second kappa shape index (κ2) is 7.29. The van der Waals surface area contributed by atoms with E-state index in [0.717, 1.165) is 11.8 Å². The number of unbranched alkanes of at least 4 members (excludes halogenated alkanes) is 1. The van der Waals surface area contributed by atoms with Crippen LogP contribution in [0.3, 0.4) is 0 Å². The largest absolute Gasteiger partial charge is 0.296 e. The summed E-state index contributed by atoms with van der Waals surface area (Å²) in [5.41, 5.74) is 0.723. The Hall–Kier alpha value is -0.0400. The standard InChI is InChI=1S/C19H39N/c1-8-9-11-16(2)12-10-13-17-14-18(3,4)20(7)19(5,6)15-17/h16-17H,8-15H2,1-7H3. The van der Waals surface area contributed by atoms with E-state index in [-0.39, 0.29) is 0 Å². The molecular weight excluding hydrogens is 242 g/mol. The van der Waals surface area contributed by atoms with Crippen LogP contribution in [-0.4, -0.2) is 23.0 Å². The maximum absolute atomic E-state index is 2.60. The first-order valence-corrected chi connectivity index (χ1v) is 8.93. The van der Waals surface area contributed by atoms with E-state index in [0.29, 0.717) is 11.1 Å². The molecule has 0 aromatic carbocycles. The molecule has 20 heavy (non-hydrogen) atoms. The Bertz CT molecular complexity index is 261. The van der Waals surface area contributed by atoms with Crippen molar-refractivity contribution < 1.29 is 0 Å². The molecule has 0 aromatic rings. The molecule has 0 aliphatic carbocycles. The van der Waals surface area contributed by atoms with Gasteiger partial charge < -0.3 is 0 Å². The zero-order chi connectivity index (χ0) is 15.4. The van der Waals surface area contributed by atoms with Crippen LogP contribution in [0.15, 0.2) is 0 Å². The lowest BCUT2D eigenvalue weighted by atomic mass is 9.72. The predicted octanol–water partition coefficient (Wildman–Crippen LogP) is 5.88. The predicted molar refractivity (Wildman–Crippen MR) is 91.2 cm³/mol. The molecule has 1 heteroatoms. The van der Waals surface area contributed by atoms with E-state index >= 15 is 0 Å². The summed E-state index contributed by atoms with van der Waals surface area (Å²) in [7, 11) is 2.31. The van der Waals surface area contributed by atoms with Gasteiger partial charge in [0.1, 0.15) is 0 Å². The molecule has 1 fully saturated rings. The summed E-state index contributed by atoms with van der Waals surface area (Å²) in [4.78, 5) is 2.60. The third-order valence-electron chi connectivity index (χ3n) is 5.75. The lowest BCUT2D eigenvalue weighted by Crippen LogP contribution is -2.58. The molecular formula is C19H39N. The Labute approximate surface area is 128 Å². The first-order valence-electron chi connectivity index (χ1n) is 8.93. The van der Waals surface area contributed by atoms with Crippen LogP contribution in [0.4, 0.5) is 0 Å². The average Bonchev–Trinajstić information content (AvgIpc) is 2.32. The van der Waals surface area contributed by atoms with Crippen molar-refractivity contribution >= 4 is 0 Å². The second-order valence-electron chi connectivity index (χ2n) is 8.64. The summed E-state index contributed by atoms with van der Waals surface area (Å²) < 4.78 is 0. The van der Waals surface area contributed by atoms with Crippen molar-refractivity contribution in [1.29, 1.82) is 0 Å². The zero-order valence-electron chi connectivity index (χ0n) is 15.3. The molecule has 0 spiro atoms. The van der Waals surface area contributed by atoms with E-state index in [4.69, 9.17) is 0 Å². The number of hydrogen-bond donors (Lipinski definition) is 0. The Morgan fingerprint density at radius 3 is 2.00 bits per heavy atom. The molecule has 1 saturated heterocycles. The van der Waals surface area contributed by atoms with Gasteiger partial charge >= 0.3 is 0 Å². The van der Waals surface area contributed by atoms with Crippen LogP contribution in [0.25, 0.3) is 0 Å². The smallest absolute Gasteiger partial charge is 0.0158 e. The van der Waals surface area contributed by atoms with E-state index < -0.39 is 0 Å². The molecule has 0 bridgehead atoms. The second-order valence-corrected chi connectivity index (χ2v) is 8.64. The van der Waals surface area contributed by atoms with Gasteiger partial charge in [-0.2, -0.15) is 0 Å². The number of nitrogens with zero attached hydrogens (tertiary/aromatic N) is 1. The monoisotopic (exact) mass is 281 g/mol. The number of hydrogen-bond acceptors (Lipinski definition) is 1. The third kappa shape index (κ3) is 5.06. The highest BCUT2D eigenvalue weighted by Crippen LogP contribution is 2.42. The maximum Gasteiger partial charge on any atom is 0.0158 e. The molecule has 1 heterocycles. The third-order valence-corrected chi connectivity index (χ3v) is 5.75. The van der Waals surface area contributed by atoms with Crippen LogP contribution in [0.1, 0.15) is 92.9 Å². The van der Waals surface area contributed by atoms with Crippen LogP contribution >= 0.6 is 0 Å². The highest BCUT2D eigenvalue weighted by atomic mass is 15.2. The Kier molecular flexibility index (Phi) is 6.57. The van der Waals surface area contributed by atoms with Crippen molar-refractivity contribution in [3.05, 3.63) is 0 Å². The van der Waals surface area contributed by atoms with Gasteiger partial charge in [-0.05, 0) is 59.4 Å². The Morgan fingerprint density at radius 2 is 1.50 bits per heavy atom. The highest BCUT2D eigenvalue weighted by Gasteiger charge is 2.42. The van der Waals surface area contributed by atoms with E-state index in [9.17, 15) is 0 Å². The van der Waals surface area contributed by atoms with E-state index in [1.165, 1.54) is 51.4 Å². The first kappa shape index (κ1) is 18.0. The lowest BCUT2D eigenvalue weighted by molar-refractivity contribution is -0.0322. The fraction of sp³-hybridized carbons (Fsp3) is 1.00. The van der Waals surface area contributed by atoms with Crippen molar-refractivity contribution in [2.75, 3.05) is 7.05 Å². The van der Waals surface area contributed by atoms with E-state index in [1.54, 1.807) is 0 Å². The minimum Gasteiger partial charge on any atom is -0.296 e. The van der Waals surface area contributed by atoms with Gasteiger partial charge in [0.2, 0.25) is 0 Å². The van der Waals surface area contributed by atoms with Crippen molar-refractivity contribution in [2.24, 2.45) is 11.8 Å². The molecule has 1 atom stereocenters. The molecule has 1 unspecified atom stereocenters. The summed E-state index contributed by atoms with van der Waals surface area (Å²) in [6, 6.07) is 0. The van der Waals surface area contributed by atoms with Crippen molar-refractivity contribution in [2.45, 2.75) is 104 Å². The van der Waals surface area contributed by atoms with Gasteiger partial charge in [-0.25, -0.2) is 0 Å².